The maximum Gasteiger partial charge on any atom is 0.387 e. The Morgan fingerprint density at radius 2 is 1.48 bits per heavy atom. The fourth-order valence-corrected chi connectivity index (χ4v) is 1.94. The molecule has 1 aliphatic heterocycles. The van der Waals surface area contributed by atoms with Gasteiger partial charge in [-0.15, -0.1) is 0 Å². The highest BCUT2D eigenvalue weighted by molar-refractivity contribution is 6.18. The molecule has 0 radical (unpaired) electrons. The Bertz CT molecular complexity index is 692. The van der Waals surface area contributed by atoms with Crippen LogP contribution >= 0.6 is 0 Å². The molecular weight excluding hydrogens is 352 g/mol. The Morgan fingerprint density at radius 3 is 2.00 bits per heavy atom. The van der Waals surface area contributed by atoms with Crippen LogP contribution in [0.5, 0.6) is 11.5 Å². The van der Waals surface area contributed by atoms with Crippen molar-refractivity contribution in [1.82, 2.24) is 0 Å². The van der Waals surface area contributed by atoms with Gasteiger partial charge in [-0.1, -0.05) is 6.07 Å². The summed E-state index contributed by atoms with van der Waals surface area (Å²) in [6.45, 7) is -3.85. The number of ether oxygens (including phenoxy) is 4. The van der Waals surface area contributed by atoms with Crippen LogP contribution in [0.1, 0.15) is 19.4 Å². The first-order valence-electron chi connectivity index (χ1n) is 6.79. The number of hydrogen-bond acceptors (Lipinski definition) is 6. The van der Waals surface area contributed by atoms with Crippen LogP contribution in [0.15, 0.2) is 23.8 Å². The van der Waals surface area contributed by atoms with Gasteiger partial charge in [0.25, 0.3) is 5.79 Å². The third kappa shape index (κ3) is 4.85. The van der Waals surface area contributed by atoms with E-state index in [1.807, 2.05) is 0 Å². The summed E-state index contributed by atoms with van der Waals surface area (Å²) in [5.74, 6) is -4.73. The molecule has 0 amide bonds. The zero-order valence-corrected chi connectivity index (χ0v) is 12.9. The maximum absolute atomic E-state index is 12.4. The van der Waals surface area contributed by atoms with Crippen LogP contribution in [0.25, 0.3) is 6.08 Å². The number of halogens is 4. The molecule has 1 saturated heterocycles. The molecule has 0 bridgehead atoms. The van der Waals surface area contributed by atoms with Gasteiger partial charge in [0, 0.05) is 13.8 Å². The first-order chi connectivity index (χ1) is 11.6. The van der Waals surface area contributed by atoms with Crippen molar-refractivity contribution in [3.63, 3.8) is 0 Å². The predicted octanol–water partition coefficient (Wildman–Crippen LogP) is 3.11. The largest absolute Gasteiger partial charge is 0.431 e. The van der Waals surface area contributed by atoms with Crippen molar-refractivity contribution in [2.75, 3.05) is 0 Å². The number of cyclic esters (lactones) is 2. The minimum absolute atomic E-state index is 0.0286. The van der Waals surface area contributed by atoms with Crippen molar-refractivity contribution in [3.8, 4) is 11.5 Å². The summed E-state index contributed by atoms with van der Waals surface area (Å²) >= 11 is 0. The van der Waals surface area contributed by atoms with Crippen molar-refractivity contribution in [2.24, 2.45) is 0 Å². The van der Waals surface area contributed by atoms with Gasteiger partial charge in [0.15, 0.2) is 11.5 Å². The Labute approximate surface area is 138 Å². The van der Waals surface area contributed by atoms with Crippen molar-refractivity contribution < 1.29 is 46.1 Å². The van der Waals surface area contributed by atoms with Gasteiger partial charge in [-0.05, 0) is 23.8 Å². The van der Waals surface area contributed by atoms with Crippen LogP contribution in [-0.4, -0.2) is 30.9 Å². The molecule has 0 saturated carbocycles. The standard InChI is InChI=1S/C15H12F4O6/c1-15(2)24-11(20)8(12(21)25-15)5-7-3-4-9(22-13(16)17)10(6-7)23-14(18)19/h3-6,13-14H,1-2H3. The SMILES string of the molecule is CC1(C)OC(=O)C(=Cc2ccc(OC(F)F)c(OC(F)F)c2)C(=O)O1. The fraction of sp³-hybridized carbons (Fsp3) is 0.333. The molecule has 0 spiro atoms. The molecular formula is C15H12F4O6. The van der Waals surface area contributed by atoms with E-state index in [1.54, 1.807) is 0 Å². The first kappa shape index (κ1) is 18.6. The van der Waals surface area contributed by atoms with Crippen LogP contribution in [0.4, 0.5) is 17.6 Å². The monoisotopic (exact) mass is 364 g/mol. The molecule has 2 rings (SSSR count). The van der Waals surface area contributed by atoms with Crippen LogP contribution in [0.3, 0.4) is 0 Å². The lowest BCUT2D eigenvalue weighted by Crippen LogP contribution is -2.41. The van der Waals surface area contributed by atoms with Crippen molar-refractivity contribution in [2.45, 2.75) is 32.9 Å². The average molecular weight is 364 g/mol. The van der Waals surface area contributed by atoms with E-state index in [-0.39, 0.29) is 5.56 Å². The summed E-state index contributed by atoms with van der Waals surface area (Å²) in [7, 11) is 0. The van der Waals surface area contributed by atoms with E-state index >= 15 is 0 Å². The maximum atomic E-state index is 12.4. The summed E-state index contributed by atoms with van der Waals surface area (Å²) in [6.07, 6.45) is 0.990. The highest BCUT2D eigenvalue weighted by atomic mass is 19.3. The molecule has 0 aliphatic carbocycles. The molecule has 25 heavy (non-hydrogen) atoms. The van der Waals surface area contributed by atoms with Crippen LogP contribution in [0, 0.1) is 0 Å². The number of carbonyl (C=O) groups is 2. The topological polar surface area (TPSA) is 71.1 Å². The smallest absolute Gasteiger partial charge is 0.387 e. The number of rotatable bonds is 5. The molecule has 1 aliphatic rings. The van der Waals surface area contributed by atoms with E-state index in [2.05, 4.69) is 9.47 Å². The van der Waals surface area contributed by atoms with E-state index in [9.17, 15) is 27.2 Å². The Morgan fingerprint density at radius 1 is 0.960 bits per heavy atom. The lowest BCUT2D eigenvalue weighted by molar-refractivity contribution is -0.222. The van der Waals surface area contributed by atoms with E-state index < -0.39 is 48.0 Å². The molecule has 1 fully saturated rings. The summed E-state index contributed by atoms with van der Waals surface area (Å²) < 4.78 is 67.3. The van der Waals surface area contributed by atoms with Gasteiger partial charge in [-0.3, -0.25) is 0 Å². The molecule has 1 heterocycles. The summed E-state index contributed by atoms with van der Waals surface area (Å²) in [5.41, 5.74) is -0.467. The van der Waals surface area contributed by atoms with Crippen molar-refractivity contribution in [1.29, 1.82) is 0 Å². The lowest BCUT2D eigenvalue weighted by Gasteiger charge is -2.29. The van der Waals surface area contributed by atoms with E-state index in [0.717, 1.165) is 24.3 Å². The van der Waals surface area contributed by atoms with Crippen LogP contribution in [-0.2, 0) is 19.1 Å². The van der Waals surface area contributed by atoms with E-state index in [4.69, 9.17) is 9.47 Å². The highest BCUT2D eigenvalue weighted by Gasteiger charge is 2.38. The van der Waals surface area contributed by atoms with Crippen LogP contribution in [0.2, 0.25) is 0 Å². The van der Waals surface area contributed by atoms with Gasteiger partial charge in [0.1, 0.15) is 5.57 Å². The summed E-state index contributed by atoms with van der Waals surface area (Å²) in [4.78, 5) is 23.7. The predicted molar refractivity (Wildman–Crippen MR) is 73.9 cm³/mol. The third-order valence-corrected chi connectivity index (χ3v) is 2.83. The Hall–Kier alpha value is -2.78. The number of carbonyl (C=O) groups excluding carboxylic acids is 2. The van der Waals surface area contributed by atoms with Gasteiger partial charge in [0.2, 0.25) is 0 Å². The quantitative estimate of drug-likeness (QED) is 0.346. The number of esters is 2. The molecule has 0 N–H and O–H groups in total. The molecule has 6 nitrogen and oxygen atoms in total. The minimum Gasteiger partial charge on any atom is -0.431 e. The summed E-state index contributed by atoms with van der Waals surface area (Å²) in [6, 6.07) is 2.99. The number of hydrogen-bond donors (Lipinski definition) is 0. The van der Waals surface area contributed by atoms with Gasteiger partial charge in [-0.25, -0.2) is 9.59 Å². The second-order valence-corrected chi connectivity index (χ2v) is 5.20. The fourth-order valence-electron chi connectivity index (χ4n) is 1.94. The normalized spacial score (nSPS) is 16.6. The second-order valence-electron chi connectivity index (χ2n) is 5.20. The number of benzene rings is 1. The molecule has 1 aromatic carbocycles. The third-order valence-electron chi connectivity index (χ3n) is 2.83. The molecule has 1 aromatic rings. The molecule has 0 atom stereocenters. The lowest BCUT2D eigenvalue weighted by atomic mass is 10.1. The first-order valence-corrected chi connectivity index (χ1v) is 6.79. The van der Waals surface area contributed by atoms with E-state index in [0.29, 0.717) is 0 Å². The van der Waals surface area contributed by atoms with Gasteiger partial charge < -0.3 is 18.9 Å². The van der Waals surface area contributed by atoms with Crippen LogP contribution < -0.4 is 9.47 Å². The minimum atomic E-state index is -3.30. The molecule has 0 unspecified atom stereocenters. The Kier molecular flexibility index (Phi) is 5.19. The van der Waals surface area contributed by atoms with Gasteiger partial charge in [-0.2, -0.15) is 17.6 Å². The summed E-state index contributed by atoms with van der Waals surface area (Å²) in [5, 5.41) is 0. The van der Waals surface area contributed by atoms with Gasteiger partial charge >= 0.3 is 25.2 Å². The number of alkyl halides is 4. The molecule has 136 valence electrons. The zero-order valence-electron chi connectivity index (χ0n) is 12.9. The van der Waals surface area contributed by atoms with E-state index in [1.165, 1.54) is 13.8 Å². The average Bonchev–Trinajstić information content (AvgIpc) is 2.43. The van der Waals surface area contributed by atoms with Crippen molar-refractivity contribution in [3.05, 3.63) is 29.3 Å². The van der Waals surface area contributed by atoms with Crippen molar-refractivity contribution >= 4 is 18.0 Å². The second kappa shape index (κ2) is 6.99. The van der Waals surface area contributed by atoms with Gasteiger partial charge in [0.05, 0.1) is 0 Å². The highest BCUT2D eigenvalue weighted by Crippen LogP contribution is 2.32. The zero-order chi connectivity index (χ0) is 18.8. The Balaban J connectivity index is 2.36. The molecule has 10 heteroatoms. The molecule has 0 aromatic heterocycles.